The highest BCUT2D eigenvalue weighted by Gasteiger charge is 2.23. The van der Waals surface area contributed by atoms with E-state index in [1.807, 2.05) is 0 Å². The molecule has 1 fully saturated rings. The maximum atomic E-state index is 11.6. The van der Waals surface area contributed by atoms with E-state index in [2.05, 4.69) is 10.3 Å². The highest BCUT2D eigenvalue weighted by molar-refractivity contribution is 6.32. The van der Waals surface area contributed by atoms with Crippen LogP contribution in [0.15, 0.2) is 12.1 Å². The number of nitrogens with one attached hydrogen (secondary N) is 1. The summed E-state index contributed by atoms with van der Waals surface area (Å²) < 4.78 is 5.18. The molecule has 2 rings (SSSR count). The van der Waals surface area contributed by atoms with Crippen molar-refractivity contribution in [2.24, 2.45) is 0 Å². The van der Waals surface area contributed by atoms with Gasteiger partial charge in [-0.05, 0) is 37.1 Å². The monoisotopic (exact) mass is 310 g/mol. The standard InChI is InChI=1S/C11H12Cl2N2O2.ClH/c12-9-4-7(5-10(13)15-9)6-17-11(16)8-2-1-3-14-8;/h4-5,8,14H,1-3,6H2;1H/t8-;/m0./s1. The van der Waals surface area contributed by atoms with E-state index in [1.165, 1.54) is 0 Å². The van der Waals surface area contributed by atoms with E-state index in [9.17, 15) is 4.79 Å². The van der Waals surface area contributed by atoms with E-state index in [0.717, 1.165) is 24.9 Å². The van der Waals surface area contributed by atoms with Gasteiger partial charge in [0.05, 0.1) is 0 Å². The van der Waals surface area contributed by atoms with Crippen LogP contribution in [0.25, 0.3) is 0 Å². The van der Waals surface area contributed by atoms with Crippen molar-refractivity contribution in [1.82, 2.24) is 10.3 Å². The normalized spacial score (nSPS) is 18.2. The summed E-state index contributed by atoms with van der Waals surface area (Å²) in [6.07, 6.45) is 1.84. The lowest BCUT2D eigenvalue weighted by Gasteiger charge is -2.10. The molecule has 100 valence electrons. The average Bonchev–Trinajstić information content (AvgIpc) is 2.78. The van der Waals surface area contributed by atoms with Crippen LogP contribution in [0.5, 0.6) is 0 Å². The van der Waals surface area contributed by atoms with Crippen molar-refractivity contribution >= 4 is 41.6 Å². The molecule has 4 nitrogen and oxygen atoms in total. The molecule has 7 heteroatoms. The summed E-state index contributed by atoms with van der Waals surface area (Å²) in [7, 11) is 0. The van der Waals surface area contributed by atoms with Gasteiger partial charge in [0.15, 0.2) is 0 Å². The number of esters is 1. The van der Waals surface area contributed by atoms with Crippen molar-refractivity contribution in [3.63, 3.8) is 0 Å². The van der Waals surface area contributed by atoms with Gasteiger partial charge in [0.2, 0.25) is 0 Å². The van der Waals surface area contributed by atoms with E-state index in [1.54, 1.807) is 12.1 Å². The minimum absolute atomic E-state index is 0. The number of pyridine rings is 1. The predicted molar refractivity (Wildman–Crippen MR) is 72.3 cm³/mol. The van der Waals surface area contributed by atoms with Gasteiger partial charge in [0, 0.05) is 0 Å². The Balaban J connectivity index is 0.00000162. The summed E-state index contributed by atoms with van der Waals surface area (Å²) >= 11 is 11.5. The minimum Gasteiger partial charge on any atom is -0.460 e. The molecular formula is C11H13Cl3N2O2. The second-order valence-electron chi connectivity index (χ2n) is 3.88. The van der Waals surface area contributed by atoms with Crippen LogP contribution in [0.3, 0.4) is 0 Å². The van der Waals surface area contributed by atoms with Crippen LogP contribution < -0.4 is 5.32 Å². The van der Waals surface area contributed by atoms with E-state index < -0.39 is 0 Å². The average molecular weight is 312 g/mol. The van der Waals surface area contributed by atoms with Crippen LogP contribution in [-0.4, -0.2) is 23.5 Å². The van der Waals surface area contributed by atoms with Gasteiger partial charge in [-0.2, -0.15) is 0 Å². The molecular weight excluding hydrogens is 298 g/mol. The molecule has 1 saturated heterocycles. The summed E-state index contributed by atoms with van der Waals surface area (Å²) in [6, 6.07) is 3.08. The summed E-state index contributed by atoms with van der Waals surface area (Å²) in [5, 5.41) is 3.66. The number of hydrogen-bond donors (Lipinski definition) is 1. The molecule has 1 aromatic heterocycles. The Kier molecular flexibility index (Phi) is 6.15. The van der Waals surface area contributed by atoms with Crippen LogP contribution in [0.1, 0.15) is 18.4 Å². The Morgan fingerprint density at radius 3 is 2.67 bits per heavy atom. The molecule has 1 atom stereocenters. The summed E-state index contributed by atoms with van der Waals surface area (Å²) in [4.78, 5) is 15.4. The second kappa shape index (κ2) is 7.14. The van der Waals surface area contributed by atoms with E-state index in [4.69, 9.17) is 27.9 Å². The Hall–Kier alpha value is -0.550. The minimum atomic E-state index is -0.230. The molecule has 0 saturated carbocycles. The van der Waals surface area contributed by atoms with Gasteiger partial charge in [0.1, 0.15) is 23.0 Å². The highest BCUT2D eigenvalue weighted by Crippen LogP contribution is 2.16. The van der Waals surface area contributed by atoms with Gasteiger partial charge >= 0.3 is 5.97 Å². The Bertz CT molecular complexity index is 402. The summed E-state index contributed by atoms with van der Waals surface area (Å²) in [5.74, 6) is -0.230. The number of aromatic nitrogens is 1. The van der Waals surface area contributed by atoms with Gasteiger partial charge < -0.3 is 10.1 Å². The molecule has 1 aromatic rings. The molecule has 0 amide bonds. The molecule has 0 bridgehead atoms. The van der Waals surface area contributed by atoms with Gasteiger partial charge in [-0.3, -0.25) is 4.79 Å². The fourth-order valence-corrected chi connectivity index (χ4v) is 2.24. The first-order valence-electron chi connectivity index (χ1n) is 5.37. The van der Waals surface area contributed by atoms with Crippen LogP contribution in [0.2, 0.25) is 10.3 Å². The Morgan fingerprint density at radius 2 is 2.11 bits per heavy atom. The predicted octanol–water partition coefficient (Wildman–Crippen LogP) is 2.61. The number of rotatable bonds is 3. The van der Waals surface area contributed by atoms with Crippen LogP contribution in [-0.2, 0) is 16.1 Å². The molecule has 0 aromatic carbocycles. The SMILES string of the molecule is Cl.O=C(OCc1cc(Cl)nc(Cl)c1)[C@@H]1CCCN1. The van der Waals surface area contributed by atoms with Gasteiger partial charge in [-0.1, -0.05) is 23.2 Å². The number of nitrogens with zero attached hydrogens (tertiary/aromatic N) is 1. The molecule has 2 heterocycles. The molecule has 0 spiro atoms. The lowest BCUT2D eigenvalue weighted by atomic mass is 10.2. The fourth-order valence-electron chi connectivity index (χ4n) is 1.74. The first kappa shape index (κ1) is 15.5. The van der Waals surface area contributed by atoms with Crippen molar-refractivity contribution < 1.29 is 9.53 Å². The number of hydrogen-bond acceptors (Lipinski definition) is 4. The molecule has 18 heavy (non-hydrogen) atoms. The molecule has 0 aliphatic carbocycles. The number of ether oxygens (including phenoxy) is 1. The zero-order chi connectivity index (χ0) is 12.3. The van der Waals surface area contributed by atoms with E-state index in [0.29, 0.717) is 10.3 Å². The van der Waals surface area contributed by atoms with Crippen LogP contribution in [0.4, 0.5) is 0 Å². The summed E-state index contributed by atoms with van der Waals surface area (Å²) in [5.41, 5.74) is 0.737. The Morgan fingerprint density at radius 1 is 1.44 bits per heavy atom. The smallest absolute Gasteiger partial charge is 0.323 e. The largest absolute Gasteiger partial charge is 0.460 e. The van der Waals surface area contributed by atoms with Crippen molar-refractivity contribution in [3.8, 4) is 0 Å². The number of halogens is 3. The van der Waals surface area contributed by atoms with Gasteiger partial charge in [-0.25, -0.2) is 4.98 Å². The topological polar surface area (TPSA) is 51.2 Å². The lowest BCUT2D eigenvalue weighted by Crippen LogP contribution is -2.32. The second-order valence-corrected chi connectivity index (χ2v) is 4.65. The van der Waals surface area contributed by atoms with Crippen molar-refractivity contribution in [1.29, 1.82) is 0 Å². The molecule has 0 radical (unpaired) electrons. The lowest BCUT2D eigenvalue weighted by molar-refractivity contribution is -0.147. The molecule has 1 aliphatic heterocycles. The number of carbonyl (C=O) groups is 1. The van der Waals surface area contributed by atoms with E-state index >= 15 is 0 Å². The third-order valence-corrected chi connectivity index (χ3v) is 2.94. The van der Waals surface area contributed by atoms with Gasteiger partial charge in [0.25, 0.3) is 0 Å². The van der Waals surface area contributed by atoms with Crippen molar-refractivity contribution in [2.75, 3.05) is 6.54 Å². The number of carbonyl (C=O) groups excluding carboxylic acids is 1. The summed E-state index contributed by atoms with van der Waals surface area (Å²) in [6.45, 7) is 1.03. The molecule has 1 aliphatic rings. The molecule has 0 unspecified atom stereocenters. The maximum Gasteiger partial charge on any atom is 0.323 e. The quantitative estimate of drug-likeness (QED) is 0.688. The zero-order valence-electron chi connectivity index (χ0n) is 9.49. The van der Waals surface area contributed by atoms with Crippen molar-refractivity contribution in [2.45, 2.75) is 25.5 Å². The highest BCUT2D eigenvalue weighted by atomic mass is 35.5. The molecule has 1 N–H and O–H groups in total. The third kappa shape index (κ3) is 4.28. The Labute approximate surface area is 121 Å². The van der Waals surface area contributed by atoms with Crippen LogP contribution >= 0.6 is 35.6 Å². The zero-order valence-corrected chi connectivity index (χ0v) is 11.8. The fraction of sp³-hybridized carbons (Fsp3) is 0.455. The maximum absolute atomic E-state index is 11.6. The third-order valence-electron chi connectivity index (χ3n) is 2.55. The first-order chi connectivity index (χ1) is 8.15. The first-order valence-corrected chi connectivity index (χ1v) is 6.13. The van der Waals surface area contributed by atoms with Crippen LogP contribution in [0, 0.1) is 0 Å². The van der Waals surface area contributed by atoms with E-state index in [-0.39, 0.29) is 31.0 Å². The van der Waals surface area contributed by atoms with Crippen molar-refractivity contribution in [3.05, 3.63) is 28.0 Å². The van der Waals surface area contributed by atoms with Gasteiger partial charge in [-0.15, -0.1) is 12.4 Å².